The summed E-state index contributed by atoms with van der Waals surface area (Å²) < 4.78 is 17.5. The fraction of sp³-hybridized carbons (Fsp3) is 0.667. The van der Waals surface area contributed by atoms with Crippen molar-refractivity contribution in [3.63, 3.8) is 0 Å². The number of hydrogen-bond acceptors (Lipinski definition) is 4. The van der Waals surface area contributed by atoms with Crippen LogP contribution in [-0.2, 0) is 25.6 Å². The van der Waals surface area contributed by atoms with Gasteiger partial charge in [-0.25, -0.2) is 0 Å². The Bertz CT molecular complexity index is 610. The topological polar surface area (TPSA) is 44.8 Å². The van der Waals surface area contributed by atoms with Crippen LogP contribution < -0.4 is 0 Å². The van der Waals surface area contributed by atoms with Gasteiger partial charge in [-0.05, 0) is 44.1 Å². The number of ketones is 1. The summed E-state index contributed by atoms with van der Waals surface area (Å²) >= 11 is 0. The fourth-order valence-electron chi connectivity index (χ4n) is 4.90. The summed E-state index contributed by atoms with van der Waals surface area (Å²) in [6.45, 7) is 6.65. The van der Waals surface area contributed by atoms with Crippen molar-refractivity contribution >= 4 is 5.78 Å². The monoisotopic (exact) mass is 346 g/mol. The number of hydrogen-bond donors (Lipinski definition) is 0. The molecular formula is C21H30O4. The molecule has 5 atom stereocenters. The zero-order valence-corrected chi connectivity index (χ0v) is 16.0. The highest BCUT2D eigenvalue weighted by Gasteiger charge is 2.64. The van der Waals surface area contributed by atoms with Crippen LogP contribution in [0, 0.1) is 23.2 Å². The summed E-state index contributed by atoms with van der Waals surface area (Å²) in [6.07, 6.45) is 1.74. The number of carbonyl (C=O) groups is 1. The van der Waals surface area contributed by atoms with E-state index in [1.165, 1.54) is 5.56 Å². The van der Waals surface area contributed by atoms with E-state index < -0.39 is 11.2 Å². The van der Waals surface area contributed by atoms with Gasteiger partial charge in [-0.15, -0.1) is 0 Å². The van der Waals surface area contributed by atoms with Gasteiger partial charge < -0.3 is 14.2 Å². The van der Waals surface area contributed by atoms with Gasteiger partial charge in [-0.2, -0.15) is 0 Å². The Morgan fingerprint density at radius 3 is 2.44 bits per heavy atom. The highest BCUT2D eigenvalue weighted by atomic mass is 16.7. The Labute approximate surface area is 150 Å². The number of ether oxygens (including phenoxy) is 3. The SMILES string of the molecule is COC(C)(OC)[C@@]1(C)C[C@@H]2[C@@H](OCc3ccccc3)[C@H](C)C[C@@H]2C1=O. The summed E-state index contributed by atoms with van der Waals surface area (Å²) in [4.78, 5) is 13.2. The maximum absolute atomic E-state index is 13.2. The summed E-state index contributed by atoms with van der Waals surface area (Å²) in [5, 5.41) is 0. The molecule has 0 N–H and O–H groups in total. The van der Waals surface area contributed by atoms with Crippen molar-refractivity contribution in [2.75, 3.05) is 14.2 Å². The third-order valence-corrected chi connectivity index (χ3v) is 6.72. The third-order valence-electron chi connectivity index (χ3n) is 6.72. The lowest BCUT2D eigenvalue weighted by atomic mass is 9.76. The lowest BCUT2D eigenvalue weighted by molar-refractivity contribution is -0.253. The van der Waals surface area contributed by atoms with E-state index in [0.29, 0.717) is 12.5 Å². The first-order chi connectivity index (χ1) is 11.9. The van der Waals surface area contributed by atoms with Gasteiger partial charge in [0.25, 0.3) is 0 Å². The van der Waals surface area contributed by atoms with Crippen molar-refractivity contribution in [2.45, 2.75) is 52.1 Å². The second kappa shape index (κ2) is 6.82. The van der Waals surface area contributed by atoms with Crippen molar-refractivity contribution < 1.29 is 19.0 Å². The van der Waals surface area contributed by atoms with Gasteiger partial charge in [0.15, 0.2) is 5.79 Å². The molecule has 4 nitrogen and oxygen atoms in total. The van der Waals surface area contributed by atoms with Gasteiger partial charge in [0.05, 0.1) is 18.1 Å². The summed E-state index contributed by atoms with van der Waals surface area (Å²) in [5.74, 6) is 0.0397. The van der Waals surface area contributed by atoms with Crippen LogP contribution >= 0.6 is 0 Å². The minimum Gasteiger partial charge on any atom is -0.373 e. The van der Waals surface area contributed by atoms with Crippen LogP contribution in [0.3, 0.4) is 0 Å². The lowest BCUT2D eigenvalue weighted by Crippen LogP contribution is -2.51. The Balaban J connectivity index is 1.77. The molecule has 0 radical (unpaired) electrons. The van der Waals surface area contributed by atoms with E-state index in [1.54, 1.807) is 14.2 Å². The van der Waals surface area contributed by atoms with E-state index in [9.17, 15) is 4.79 Å². The standard InChI is InChI=1S/C21H30O4/c1-14-11-16-17(18(14)25-13-15-9-7-6-8-10-15)12-20(2,19(16)22)21(3,23-4)24-5/h6-10,14,16-18H,11-13H2,1-5H3/t14-,16+,17+,18+,20+/m1/s1. The number of fused-ring (bicyclic) bond motifs is 1. The molecule has 0 heterocycles. The average molecular weight is 346 g/mol. The van der Waals surface area contributed by atoms with E-state index in [-0.39, 0.29) is 23.7 Å². The van der Waals surface area contributed by atoms with Crippen LogP contribution in [-0.4, -0.2) is 31.9 Å². The quantitative estimate of drug-likeness (QED) is 0.734. The number of carbonyl (C=O) groups excluding carboxylic acids is 1. The molecule has 2 aliphatic rings. The van der Waals surface area contributed by atoms with Crippen LogP contribution in [0.4, 0.5) is 0 Å². The van der Waals surface area contributed by atoms with Crippen molar-refractivity contribution in [3.8, 4) is 0 Å². The van der Waals surface area contributed by atoms with Crippen molar-refractivity contribution in [2.24, 2.45) is 23.2 Å². The normalized spacial score (nSPS) is 35.2. The predicted molar refractivity (Wildman–Crippen MR) is 95.9 cm³/mol. The van der Waals surface area contributed by atoms with Gasteiger partial charge in [0, 0.05) is 20.1 Å². The number of methoxy groups -OCH3 is 2. The van der Waals surface area contributed by atoms with Crippen LogP contribution in [0.1, 0.15) is 39.2 Å². The van der Waals surface area contributed by atoms with Gasteiger partial charge >= 0.3 is 0 Å². The minimum atomic E-state index is -0.901. The molecule has 2 fully saturated rings. The summed E-state index contributed by atoms with van der Waals surface area (Å²) in [7, 11) is 3.23. The second-order valence-electron chi connectivity index (χ2n) is 8.00. The molecule has 0 saturated heterocycles. The zero-order chi connectivity index (χ0) is 18.2. The molecular weight excluding hydrogens is 316 g/mol. The van der Waals surface area contributed by atoms with Gasteiger partial charge in [-0.3, -0.25) is 4.79 Å². The van der Waals surface area contributed by atoms with Crippen molar-refractivity contribution in [1.29, 1.82) is 0 Å². The molecule has 25 heavy (non-hydrogen) atoms. The zero-order valence-electron chi connectivity index (χ0n) is 16.0. The molecule has 0 spiro atoms. The summed E-state index contributed by atoms with van der Waals surface area (Å²) in [5.41, 5.74) is 0.532. The molecule has 138 valence electrons. The first-order valence-corrected chi connectivity index (χ1v) is 9.16. The number of benzene rings is 1. The smallest absolute Gasteiger partial charge is 0.176 e. The molecule has 0 unspecified atom stereocenters. The summed E-state index contributed by atoms with van der Waals surface area (Å²) in [6, 6.07) is 10.2. The maximum Gasteiger partial charge on any atom is 0.176 e. The lowest BCUT2D eigenvalue weighted by Gasteiger charge is -2.41. The second-order valence-corrected chi connectivity index (χ2v) is 8.00. The molecule has 0 aromatic heterocycles. The van der Waals surface area contributed by atoms with Crippen LogP contribution in [0.2, 0.25) is 0 Å². The largest absolute Gasteiger partial charge is 0.373 e. The van der Waals surface area contributed by atoms with Gasteiger partial charge in [0.2, 0.25) is 0 Å². The van der Waals surface area contributed by atoms with Gasteiger partial charge in [0.1, 0.15) is 5.78 Å². The Morgan fingerprint density at radius 1 is 1.20 bits per heavy atom. The number of rotatable bonds is 6. The first kappa shape index (κ1) is 18.6. The molecule has 2 aliphatic carbocycles. The molecule has 1 aromatic carbocycles. The van der Waals surface area contributed by atoms with E-state index in [4.69, 9.17) is 14.2 Å². The predicted octanol–water partition coefficient (Wildman–Crippen LogP) is 3.83. The Kier molecular flexibility index (Phi) is 5.06. The van der Waals surface area contributed by atoms with E-state index in [1.807, 2.05) is 32.0 Å². The van der Waals surface area contributed by atoms with Crippen molar-refractivity contribution in [3.05, 3.63) is 35.9 Å². The highest BCUT2D eigenvalue weighted by Crippen LogP contribution is 2.57. The first-order valence-electron chi connectivity index (χ1n) is 9.16. The highest BCUT2D eigenvalue weighted by molar-refractivity contribution is 5.90. The Morgan fingerprint density at radius 2 is 1.84 bits per heavy atom. The average Bonchev–Trinajstić information content (AvgIpc) is 3.06. The molecule has 2 saturated carbocycles. The molecule has 0 aliphatic heterocycles. The van der Waals surface area contributed by atoms with Crippen molar-refractivity contribution in [1.82, 2.24) is 0 Å². The molecule has 4 heteroatoms. The maximum atomic E-state index is 13.2. The molecule has 3 rings (SSSR count). The van der Waals surface area contributed by atoms with Crippen LogP contribution in [0.5, 0.6) is 0 Å². The Hall–Kier alpha value is -1.23. The van der Waals surface area contributed by atoms with Crippen LogP contribution in [0.25, 0.3) is 0 Å². The molecule has 1 aromatic rings. The third kappa shape index (κ3) is 2.94. The van der Waals surface area contributed by atoms with Gasteiger partial charge in [-0.1, -0.05) is 37.3 Å². The number of Topliss-reactive ketones (excluding diaryl/α,β-unsaturated/α-hetero) is 1. The van der Waals surface area contributed by atoms with E-state index in [2.05, 4.69) is 19.1 Å². The molecule has 0 amide bonds. The minimum absolute atomic E-state index is 0.0467. The molecule has 0 bridgehead atoms. The fourth-order valence-corrected chi connectivity index (χ4v) is 4.90. The van der Waals surface area contributed by atoms with Crippen LogP contribution in [0.15, 0.2) is 30.3 Å². The van der Waals surface area contributed by atoms with E-state index in [0.717, 1.165) is 12.8 Å². The van der Waals surface area contributed by atoms with E-state index >= 15 is 0 Å².